The molecule has 0 amide bonds. The molecule has 1 aliphatic carbocycles. The molecule has 1 atom stereocenters. The first-order valence-corrected chi connectivity index (χ1v) is 6.30. The predicted molar refractivity (Wildman–Crippen MR) is 66.7 cm³/mol. The molecule has 1 N–H and O–H groups in total. The first-order valence-electron chi connectivity index (χ1n) is 6.30. The molecule has 1 aromatic heterocycles. The number of rotatable bonds is 4. The first-order chi connectivity index (χ1) is 8.32. The number of hydrogen-bond donors (Lipinski definition) is 1. The smallest absolute Gasteiger partial charge is 0.115 e. The molecule has 0 bridgehead atoms. The lowest BCUT2D eigenvalue weighted by Crippen LogP contribution is -2.46. The minimum atomic E-state index is -0.0995. The Morgan fingerprint density at radius 3 is 2.41 bits per heavy atom. The van der Waals surface area contributed by atoms with Crippen LogP contribution in [0, 0.1) is 0 Å². The summed E-state index contributed by atoms with van der Waals surface area (Å²) in [5.74, 6) is 0. The fraction of sp³-hybridized carbons (Fsp3) is 0.692. The molecule has 0 aromatic carbocycles. The highest BCUT2D eigenvalue weighted by Gasteiger charge is 2.40. The van der Waals surface area contributed by atoms with Crippen molar-refractivity contribution in [3.63, 3.8) is 0 Å². The normalized spacial score (nSPS) is 21.1. The molecule has 1 saturated carbocycles. The van der Waals surface area contributed by atoms with E-state index in [-0.39, 0.29) is 11.6 Å². The van der Waals surface area contributed by atoms with Crippen LogP contribution < -0.4 is 5.32 Å². The fourth-order valence-electron chi connectivity index (χ4n) is 2.95. The number of methoxy groups -OCH3 is 1. The van der Waals surface area contributed by atoms with Crippen LogP contribution in [0.5, 0.6) is 0 Å². The van der Waals surface area contributed by atoms with Crippen molar-refractivity contribution in [1.82, 2.24) is 15.3 Å². The highest BCUT2D eigenvalue weighted by Crippen LogP contribution is 2.40. The van der Waals surface area contributed by atoms with Crippen molar-refractivity contribution in [2.75, 3.05) is 14.2 Å². The quantitative estimate of drug-likeness (QED) is 0.868. The summed E-state index contributed by atoms with van der Waals surface area (Å²) >= 11 is 0. The van der Waals surface area contributed by atoms with Gasteiger partial charge in [0.2, 0.25) is 0 Å². The van der Waals surface area contributed by atoms with Crippen LogP contribution >= 0.6 is 0 Å². The zero-order valence-corrected chi connectivity index (χ0v) is 10.6. The lowest BCUT2D eigenvalue weighted by molar-refractivity contribution is -0.0672. The Morgan fingerprint density at radius 1 is 1.24 bits per heavy atom. The van der Waals surface area contributed by atoms with E-state index in [1.807, 2.05) is 26.6 Å². The summed E-state index contributed by atoms with van der Waals surface area (Å²) in [5, 5.41) is 3.37. The van der Waals surface area contributed by atoms with Crippen molar-refractivity contribution in [3.05, 3.63) is 24.3 Å². The van der Waals surface area contributed by atoms with E-state index in [4.69, 9.17) is 4.74 Å². The van der Waals surface area contributed by atoms with E-state index in [1.54, 1.807) is 6.33 Å². The summed E-state index contributed by atoms with van der Waals surface area (Å²) in [7, 11) is 3.80. The van der Waals surface area contributed by atoms with E-state index in [0.29, 0.717) is 0 Å². The van der Waals surface area contributed by atoms with Gasteiger partial charge in [-0.15, -0.1) is 0 Å². The van der Waals surface area contributed by atoms with Gasteiger partial charge in [0.05, 0.1) is 11.6 Å². The molecule has 0 spiro atoms. The number of hydrogen-bond acceptors (Lipinski definition) is 4. The van der Waals surface area contributed by atoms with Crippen LogP contribution in [0.25, 0.3) is 0 Å². The molecule has 4 nitrogen and oxygen atoms in total. The molecule has 1 aliphatic rings. The Labute approximate surface area is 103 Å². The van der Waals surface area contributed by atoms with Crippen LogP contribution in [0.3, 0.4) is 0 Å². The first kappa shape index (κ1) is 12.5. The average Bonchev–Trinajstić information content (AvgIpc) is 2.42. The third-order valence-electron chi connectivity index (χ3n) is 3.84. The Kier molecular flexibility index (Phi) is 4.07. The molecule has 0 saturated heterocycles. The van der Waals surface area contributed by atoms with Crippen LogP contribution in [0.1, 0.15) is 43.7 Å². The highest BCUT2D eigenvalue weighted by molar-refractivity contribution is 5.16. The van der Waals surface area contributed by atoms with Gasteiger partial charge >= 0.3 is 0 Å². The SMILES string of the molecule is CNC(c1cncnc1)C1(OC)CCCCC1. The second-order valence-corrected chi connectivity index (χ2v) is 4.72. The summed E-state index contributed by atoms with van der Waals surface area (Å²) < 4.78 is 5.87. The van der Waals surface area contributed by atoms with Gasteiger partial charge in [0.15, 0.2) is 0 Å². The second-order valence-electron chi connectivity index (χ2n) is 4.72. The van der Waals surface area contributed by atoms with E-state index in [0.717, 1.165) is 18.4 Å². The minimum Gasteiger partial charge on any atom is -0.376 e. The molecule has 0 aliphatic heterocycles. The average molecular weight is 235 g/mol. The maximum atomic E-state index is 5.87. The van der Waals surface area contributed by atoms with Crippen LogP contribution in [0.4, 0.5) is 0 Å². The van der Waals surface area contributed by atoms with Gasteiger partial charge in [-0.2, -0.15) is 0 Å². The van der Waals surface area contributed by atoms with Crippen LogP contribution in [0.15, 0.2) is 18.7 Å². The summed E-state index contributed by atoms with van der Waals surface area (Å²) in [6, 6.07) is 0.175. The molecule has 2 rings (SSSR count). The molecular weight excluding hydrogens is 214 g/mol. The van der Waals surface area contributed by atoms with Gasteiger partial charge in [0.1, 0.15) is 6.33 Å². The van der Waals surface area contributed by atoms with Gasteiger partial charge in [-0.25, -0.2) is 9.97 Å². The van der Waals surface area contributed by atoms with Crippen molar-refractivity contribution < 1.29 is 4.74 Å². The predicted octanol–water partition coefficient (Wildman–Crippen LogP) is 2.09. The summed E-state index contributed by atoms with van der Waals surface area (Å²) in [6.07, 6.45) is 11.3. The van der Waals surface area contributed by atoms with Crippen molar-refractivity contribution in [1.29, 1.82) is 0 Å². The van der Waals surface area contributed by atoms with Gasteiger partial charge in [-0.1, -0.05) is 19.3 Å². The molecule has 17 heavy (non-hydrogen) atoms. The molecule has 1 aromatic rings. The minimum absolute atomic E-state index is 0.0995. The zero-order valence-electron chi connectivity index (χ0n) is 10.6. The zero-order chi connectivity index (χ0) is 12.1. The molecule has 94 valence electrons. The van der Waals surface area contributed by atoms with Crippen LogP contribution in [0.2, 0.25) is 0 Å². The topological polar surface area (TPSA) is 47.0 Å². The Hall–Kier alpha value is -1.00. The lowest BCUT2D eigenvalue weighted by Gasteiger charge is -2.42. The molecule has 1 fully saturated rings. The summed E-state index contributed by atoms with van der Waals surface area (Å²) in [6.45, 7) is 0. The number of nitrogens with zero attached hydrogens (tertiary/aromatic N) is 2. The van der Waals surface area contributed by atoms with E-state index in [9.17, 15) is 0 Å². The van der Waals surface area contributed by atoms with Crippen molar-refractivity contribution >= 4 is 0 Å². The van der Waals surface area contributed by atoms with Crippen molar-refractivity contribution in [2.24, 2.45) is 0 Å². The molecule has 1 heterocycles. The lowest BCUT2D eigenvalue weighted by atomic mass is 9.77. The van der Waals surface area contributed by atoms with E-state index in [1.165, 1.54) is 19.3 Å². The standard InChI is InChI=1S/C13H21N3O/c1-14-12(11-8-15-10-16-9-11)13(17-2)6-4-3-5-7-13/h8-10,12,14H,3-7H2,1-2H3. The Bertz CT molecular complexity index is 336. The third kappa shape index (κ3) is 2.48. The van der Waals surface area contributed by atoms with Gasteiger partial charge in [0, 0.05) is 25.1 Å². The van der Waals surface area contributed by atoms with Crippen LogP contribution in [-0.2, 0) is 4.74 Å². The van der Waals surface area contributed by atoms with E-state index >= 15 is 0 Å². The summed E-state index contributed by atoms with van der Waals surface area (Å²) in [5.41, 5.74) is 1.01. The van der Waals surface area contributed by atoms with Gasteiger partial charge < -0.3 is 10.1 Å². The largest absolute Gasteiger partial charge is 0.376 e. The number of nitrogens with one attached hydrogen (secondary N) is 1. The maximum Gasteiger partial charge on any atom is 0.115 e. The highest BCUT2D eigenvalue weighted by atomic mass is 16.5. The molecular formula is C13H21N3O. The number of ether oxygens (including phenoxy) is 1. The second kappa shape index (κ2) is 5.56. The van der Waals surface area contributed by atoms with E-state index in [2.05, 4.69) is 15.3 Å². The van der Waals surface area contributed by atoms with Crippen molar-refractivity contribution in [2.45, 2.75) is 43.7 Å². The summed E-state index contributed by atoms with van der Waals surface area (Å²) in [4.78, 5) is 8.21. The number of likely N-dealkylation sites (N-methyl/N-ethyl adjacent to an activating group) is 1. The third-order valence-corrected chi connectivity index (χ3v) is 3.84. The Balaban J connectivity index is 2.26. The fourth-order valence-corrected chi connectivity index (χ4v) is 2.95. The van der Waals surface area contributed by atoms with Crippen LogP contribution in [-0.4, -0.2) is 29.7 Å². The van der Waals surface area contributed by atoms with Crippen molar-refractivity contribution in [3.8, 4) is 0 Å². The van der Waals surface area contributed by atoms with Gasteiger partial charge in [-0.05, 0) is 19.9 Å². The number of aromatic nitrogens is 2. The Morgan fingerprint density at radius 2 is 1.88 bits per heavy atom. The molecule has 1 unspecified atom stereocenters. The van der Waals surface area contributed by atoms with Gasteiger partial charge in [-0.3, -0.25) is 0 Å². The van der Waals surface area contributed by atoms with E-state index < -0.39 is 0 Å². The monoisotopic (exact) mass is 235 g/mol. The molecule has 0 radical (unpaired) electrons. The maximum absolute atomic E-state index is 5.87. The van der Waals surface area contributed by atoms with Gasteiger partial charge in [0.25, 0.3) is 0 Å². The molecule has 4 heteroatoms.